The first-order chi connectivity index (χ1) is 8.29. The largest absolute Gasteiger partial charge is 0.350 e. The van der Waals surface area contributed by atoms with Crippen molar-refractivity contribution in [2.45, 2.75) is 32.9 Å². The average Bonchev–Trinajstić information content (AvgIpc) is 2.25. The second kappa shape index (κ2) is 5.64. The Bertz CT molecular complexity index is 433. The van der Waals surface area contributed by atoms with Crippen LogP contribution in [0.5, 0.6) is 0 Å². The fraction of sp³-hybridized carbons (Fsp3) is 0.385. The molecule has 98 valence electrons. The standard InChI is InChI=1S/C13H19N3O2/c1-9(17)16-11-6-4-10(5-7-11)8-15-12(18)13(2,3)14/h4-7H,8,14H2,1-3H3,(H,15,18)(H,16,17). The summed E-state index contributed by atoms with van der Waals surface area (Å²) in [5.74, 6) is -0.311. The third-order valence-electron chi connectivity index (χ3n) is 2.31. The number of hydrogen-bond acceptors (Lipinski definition) is 3. The van der Waals surface area contributed by atoms with Crippen molar-refractivity contribution in [1.29, 1.82) is 0 Å². The Labute approximate surface area is 107 Å². The molecule has 0 bridgehead atoms. The lowest BCUT2D eigenvalue weighted by atomic mass is 10.1. The Morgan fingerprint density at radius 2 is 1.78 bits per heavy atom. The molecule has 0 radical (unpaired) electrons. The van der Waals surface area contributed by atoms with Gasteiger partial charge < -0.3 is 16.4 Å². The molecule has 0 unspecified atom stereocenters. The maximum atomic E-state index is 11.6. The number of carbonyl (C=O) groups is 2. The number of hydrogen-bond donors (Lipinski definition) is 3. The monoisotopic (exact) mass is 249 g/mol. The van der Waals surface area contributed by atoms with Crippen molar-refractivity contribution in [2.75, 3.05) is 5.32 Å². The molecule has 18 heavy (non-hydrogen) atoms. The molecule has 0 fully saturated rings. The van der Waals surface area contributed by atoms with E-state index in [1.807, 2.05) is 12.1 Å². The van der Waals surface area contributed by atoms with E-state index in [2.05, 4.69) is 10.6 Å². The van der Waals surface area contributed by atoms with Gasteiger partial charge >= 0.3 is 0 Å². The zero-order chi connectivity index (χ0) is 13.8. The van der Waals surface area contributed by atoms with Crippen molar-refractivity contribution in [3.8, 4) is 0 Å². The SMILES string of the molecule is CC(=O)Nc1ccc(CNC(=O)C(C)(C)N)cc1. The molecule has 1 rings (SSSR count). The highest BCUT2D eigenvalue weighted by Crippen LogP contribution is 2.09. The van der Waals surface area contributed by atoms with Crippen LogP contribution in [0.25, 0.3) is 0 Å². The Kier molecular flexibility index (Phi) is 4.44. The maximum absolute atomic E-state index is 11.6. The van der Waals surface area contributed by atoms with Gasteiger partial charge in [0.1, 0.15) is 0 Å². The Balaban J connectivity index is 2.54. The van der Waals surface area contributed by atoms with Gasteiger partial charge in [0.05, 0.1) is 5.54 Å². The minimum absolute atomic E-state index is 0.110. The summed E-state index contributed by atoms with van der Waals surface area (Å²) < 4.78 is 0. The van der Waals surface area contributed by atoms with Crippen LogP contribution < -0.4 is 16.4 Å². The van der Waals surface area contributed by atoms with Crippen LogP contribution in [0.1, 0.15) is 26.3 Å². The number of nitrogens with one attached hydrogen (secondary N) is 2. The van der Waals surface area contributed by atoms with E-state index in [1.54, 1.807) is 26.0 Å². The summed E-state index contributed by atoms with van der Waals surface area (Å²) in [6.07, 6.45) is 0. The summed E-state index contributed by atoms with van der Waals surface area (Å²) in [5, 5.41) is 5.42. The Hall–Kier alpha value is -1.88. The van der Waals surface area contributed by atoms with Gasteiger partial charge in [0, 0.05) is 19.2 Å². The van der Waals surface area contributed by atoms with Crippen LogP contribution in [0.3, 0.4) is 0 Å². The first kappa shape index (κ1) is 14.2. The molecule has 2 amide bonds. The van der Waals surface area contributed by atoms with Gasteiger partial charge in [-0.05, 0) is 31.5 Å². The molecule has 0 aromatic heterocycles. The van der Waals surface area contributed by atoms with Gasteiger partial charge in [-0.1, -0.05) is 12.1 Å². The predicted octanol–water partition coefficient (Wildman–Crippen LogP) is 0.998. The number of carbonyl (C=O) groups excluding carboxylic acids is 2. The van der Waals surface area contributed by atoms with Crippen LogP contribution >= 0.6 is 0 Å². The van der Waals surface area contributed by atoms with Crippen molar-refractivity contribution in [1.82, 2.24) is 5.32 Å². The minimum Gasteiger partial charge on any atom is -0.350 e. The first-order valence-electron chi connectivity index (χ1n) is 5.73. The summed E-state index contributed by atoms with van der Waals surface area (Å²) in [6.45, 7) is 5.18. The third-order valence-corrected chi connectivity index (χ3v) is 2.31. The third kappa shape index (κ3) is 4.55. The number of rotatable bonds is 4. The van der Waals surface area contributed by atoms with Gasteiger partial charge in [-0.3, -0.25) is 9.59 Å². The molecule has 5 nitrogen and oxygen atoms in total. The van der Waals surface area contributed by atoms with Crippen molar-refractivity contribution in [3.05, 3.63) is 29.8 Å². The highest BCUT2D eigenvalue weighted by Gasteiger charge is 2.20. The molecular formula is C13H19N3O2. The highest BCUT2D eigenvalue weighted by molar-refractivity contribution is 5.88. The van der Waals surface area contributed by atoms with E-state index in [4.69, 9.17) is 5.73 Å². The smallest absolute Gasteiger partial charge is 0.239 e. The lowest BCUT2D eigenvalue weighted by molar-refractivity contribution is -0.125. The summed E-state index contributed by atoms with van der Waals surface area (Å²) in [6, 6.07) is 7.26. The zero-order valence-corrected chi connectivity index (χ0v) is 10.9. The molecule has 1 aromatic carbocycles. The molecule has 0 aliphatic carbocycles. The van der Waals surface area contributed by atoms with Crippen LogP contribution in [-0.2, 0) is 16.1 Å². The summed E-state index contributed by atoms with van der Waals surface area (Å²) in [7, 11) is 0. The van der Waals surface area contributed by atoms with Crippen molar-refractivity contribution < 1.29 is 9.59 Å². The van der Waals surface area contributed by atoms with Crippen LogP contribution in [0.4, 0.5) is 5.69 Å². The number of benzene rings is 1. The maximum Gasteiger partial charge on any atom is 0.239 e. The van der Waals surface area contributed by atoms with Gasteiger partial charge in [-0.25, -0.2) is 0 Å². The molecule has 5 heteroatoms. The molecule has 4 N–H and O–H groups in total. The van der Waals surface area contributed by atoms with Crippen LogP contribution in [0.15, 0.2) is 24.3 Å². The van der Waals surface area contributed by atoms with E-state index in [0.29, 0.717) is 6.54 Å². The number of amides is 2. The fourth-order valence-electron chi connectivity index (χ4n) is 1.32. The second-order valence-electron chi connectivity index (χ2n) is 4.78. The molecule has 1 aromatic rings. The second-order valence-corrected chi connectivity index (χ2v) is 4.78. The minimum atomic E-state index is -0.879. The van der Waals surface area contributed by atoms with E-state index in [-0.39, 0.29) is 11.8 Å². The van der Waals surface area contributed by atoms with Gasteiger partial charge in [0.15, 0.2) is 0 Å². The fourth-order valence-corrected chi connectivity index (χ4v) is 1.32. The average molecular weight is 249 g/mol. The molecule has 0 spiro atoms. The molecule has 0 saturated heterocycles. The van der Waals surface area contributed by atoms with Crippen LogP contribution in [0.2, 0.25) is 0 Å². The topological polar surface area (TPSA) is 84.2 Å². The van der Waals surface area contributed by atoms with Gasteiger partial charge in [-0.15, -0.1) is 0 Å². The first-order valence-corrected chi connectivity index (χ1v) is 5.73. The van der Waals surface area contributed by atoms with Crippen molar-refractivity contribution in [2.24, 2.45) is 5.73 Å². The van der Waals surface area contributed by atoms with E-state index in [1.165, 1.54) is 6.92 Å². The lowest BCUT2D eigenvalue weighted by Gasteiger charge is -2.17. The number of anilines is 1. The number of nitrogens with two attached hydrogens (primary N) is 1. The zero-order valence-electron chi connectivity index (χ0n) is 10.9. The van der Waals surface area contributed by atoms with E-state index >= 15 is 0 Å². The van der Waals surface area contributed by atoms with Crippen molar-refractivity contribution in [3.63, 3.8) is 0 Å². The molecule has 0 atom stereocenters. The Morgan fingerprint density at radius 3 is 2.22 bits per heavy atom. The lowest BCUT2D eigenvalue weighted by Crippen LogP contribution is -2.48. The molecule has 0 aliphatic heterocycles. The summed E-state index contributed by atoms with van der Waals surface area (Å²) in [4.78, 5) is 22.4. The summed E-state index contributed by atoms with van der Waals surface area (Å²) in [5.41, 5.74) is 6.46. The molecule has 0 saturated carbocycles. The van der Waals surface area contributed by atoms with Crippen molar-refractivity contribution >= 4 is 17.5 Å². The van der Waals surface area contributed by atoms with Gasteiger partial charge in [0.25, 0.3) is 0 Å². The Morgan fingerprint density at radius 1 is 1.22 bits per heavy atom. The molecular weight excluding hydrogens is 230 g/mol. The summed E-state index contributed by atoms with van der Waals surface area (Å²) >= 11 is 0. The van der Waals surface area contributed by atoms with E-state index in [9.17, 15) is 9.59 Å². The van der Waals surface area contributed by atoms with Crippen LogP contribution in [-0.4, -0.2) is 17.4 Å². The highest BCUT2D eigenvalue weighted by atomic mass is 16.2. The molecule has 0 heterocycles. The van der Waals surface area contributed by atoms with E-state index < -0.39 is 5.54 Å². The predicted molar refractivity (Wildman–Crippen MR) is 70.9 cm³/mol. The normalized spacial score (nSPS) is 10.9. The quantitative estimate of drug-likeness (QED) is 0.744. The molecule has 0 aliphatic rings. The van der Waals surface area contributed by atoms with Crippen LogP contribution in [0, 0.1) is 0 Å². The van der Waals surface area contributed by atoms with Gasteiger partial charge in [-0.2, -0.15) is 0 Å². The van der Waals surface area contributed by atoms with E-state index in [0.717, 1.165) is 11.3 Å². The van der Waals surface area contributed by atoms with Gasteiger partial charge in [0.2, 0.25) is 11.8 Å².